The molecule has 1 radical (unpaired) electrons. The van der Waals surface area contributed by atoms with Crippen LogP contribution in [0.15, 0.2) is 156 Å². The number of hydrogen-bond donors (Lipinski definition) is 0. The summed E-state index contributed by atoms with van der Waals surface area (Å²) >= 11 is 1.75. The molecule has 0 aliphatic heterocycles. The summed E-state index contributed by atoms with van der Waals surface area (Å²) in [6.07, 6.45) is 6.54. The van der Waals surface area contributed by atoms with Gasteiger partial charge in [0.25, 0.3) is 0 Å². The van der Waals surface area contributed by atoms with Crippen molar-refractivity contribution >= 4 is 66.9 Å². The van der Waals surface area contributed by atoms with E-state index in [-0.39, 0.29) is 31.9 Å². The van der Waals surface area contributed by atoms with Gasteiger partial charge in [-0.2, -0.15) is 0 Å². The van der Waals surface area contributed by atoms with E-state index in [1.54, 1.807) is 11.3 Å². The Morgan fingerprint density at radius 2 is 1.35 bits per heavy atom. The SMILES string of the molecule is CC(C)Cc1cc(-c2[c-]cccc2)ncc1[Si](C)(C)C.Cc1ccc2c(n1)sc1ccc(-c3ccc4o[c-]c(-c5nc6ccccc6n5-c5c(C(C)C)cc(-c6ccccc6)cc5C(C)C)c4c3)cc12.[Ir]. The Morgan fingerprint density at radius 1 is 0.662 bits per heavy atom. The molecule has 359 valence electrons. The van der Waals surface area contributed by atoms with Gasteiger partial charge in [0.1, 0.15) is 4.83 Å². The molecule has 5 heterocycles. The zero-order valence-corrected chi connectivity index (χ0v) is 46.5. The molecule has 0 fully saturated rings. The van der Waals surface area contributed by atoms with Crippen molar-refractivity contribution < 1.29 is 24.5 Å². The van der Waals surface area contributed by atoms with Crippen molar-refractivity contribution in [1.29, 1.82) is 0 Å². The van der Waals surface area contributed by atoms with E-state index in [2.05, 4.69) is 217 Å². The van der Waals surface area contributed by atoms with Crippen LogP contribution in [0.1, 0.15) is 75.8 Å². The van der Waals surface area contributed by atoms with Crippen LogP contribution in [0.3, 0.4) is 0 Å². The zero-order valence-electron chi connectivity index (χ0n) is 42.3. The summed E-state index contributed by atoms with van der Waals surface area (Å²) in [5.41, 5.74) is 16.8. The number of rotatable bonds is 10. The quantitative estimate of drug-likeness (QED) is 0.101. The van der Waals surface area contributed by atoms with Crippen LogP contribution in [-0.4, -0.2) is 27.6 Å². The van der Waals surface area contributed by atoms with E-state index in [9.17, 15) is 0 Å². The van der Waals surface area contributed by atoms with Crippen LogP contribution in [0.2, 0.25) is 19.6 Å². The van der Waals surface area contributed by atoms with Crippen molar-refractivity contribution in [2.45, 2.75) is 86.4 Å². The van der Waals surface area contributed by atoms with E-state index in [1.165, 1.54) is 54.2 Å². The molecule has 11 aromatic rings. The minimum Gasteiger partial charge on any atom is -0.557 e. The number of pyridine rings is 2. The van der Waals surface area contributed by atoms with Crippen molar-refractivity contribution in [2.75, 3.05) is 0 Å². The fourth-order valence-corrected chi connectivity index (χ4v) is 12.5. The molecule has 0 N–H and O–H groups in total. The second-order valence-corrected chi connectivity index (χ2v) is 26.8. The van der Waals surface area contributed by atoms with Gasteiger partial charge in [0, 0.05) is 65.0 Å². The van der Waals surface area contributed by atoms with Crippen molar-refractivity contribution in [3.05, 3.63) is 187 Å². The first-order valence-electron chi connectivity index (χ1n) is 24.6. The van der Waals surface area contributed by atoms with Gasteiger partial charge in [-0.3, -0.25) is 4.98 Å². The Balaban J connectivity index is 0.000000251. The molecule has 0 spiro atoms. The molecule has 11 rings (SSSR count). The number of aryl methyl sites for hydroxylation is 1. The second kappa shape index (κ2) is 20.4. The third kappa shape index (κ3) is 10.0. The monoisotopic (exact) mass is 1140 g/mol. The smallest absolute Gasteiger partial charge is 0.124 e. The maximum absolute atomic E-state index is 6.16. The molecule has 8 heteroatoms. The van der Waals surface area contributed by atoms with E-state index < -0.39 is 8.07 Å². The van der Waals surface area contributed by atoms with Gasteiger partial charge in [-0.05, 0) is 124 Å². The number of nitrogens with zero attached hydrogens (tertiary/aromatic N) is 4. The van der Waals surface area contributed by atoms with Crippen LogP contribution in [0.5, 0.6) is 0 Å². The number of imidazole rings is 1. The minimum absolute atomic E-state index is 0. The first-order valence-corrected chi connectivity index (χ1v) is 29.0. The average molecular weight is 1140 g/mol. The van der Waals surface area contributed by atoms with E-state index in [1.807, 2.05) is 25.1 Å². The Labute approximate surface area is 437 Å². The Hall–Kier alpha value is -6.28. The van der Waals surface area contributed by atoms with Gasteiger partial charge in [-0.1, -0.05) is 150 Å². The summed E-state index contributed by atoms with van der Waals surface area (Å²) in [6, 6.07) is 54.9. The van der Waals surface area contributed by atoms with E-state index in [0.29, 0.717) is 5.92 Å². The van der Waals surface area contributed by atoms with Gasteiger partial charge in [-0.25, -0.2) is 4.98 Å². The molecule has 0 bridgehead atoms. The standard InChI is InChI=1S/C45H36N3OS.C18H24NSi.Ir/c1-26(2)34-23-32(29-11-7-6-8-12-29)24-35(27(3)4)43(34)48-40-14-10-9-13-39(40)47-44(48)38-25-49-41-19-16-30(21-36(38)41)31-17-20-42-37(22-31)33-18-15-28(5)46-45(33)50-42;1-14(2)11-16-12-17(15-9-7-6-8-10-15)19-13-18(16)20(3,4)5;/h6-24,26-27H,1-5H3;6-9,12-14H,11H2,1-5H3;/q2*-1;. The number of aromatic nitrogens is 4. The van der Waals surface area contributed by atoms with Crippen molar-refractivity contribution in [3.8, 4) is 50.6 Å². The third-order valence-corrected chi connectivity index (χ3v) is 16.4. The Morgan fingerprint density at radius 3 is 2.04 bits per heavy atom. The summed E-state index contributed by atoms with van der Waals surface area (Å²) in [4.78, 5) is 15.9. The van der Waals surface area contributed by atoms with Crippen LogP contribution >= 0.6 is 11.3 Å². The van der Waals surface area contributed by atoms with Crippen molar-refractivity contribution in [3.63, 3.8) is 0 Å². The number of thiophene rings is 1. The van der Waals surface area contributed by atoms with Crippen LogP contribution < -0.4 is 5.19 Å². The van der Waals surface area contributed by atoms with Crippen LogP contribution in [0, 0.1) is 25.2 Å². The number of benzene rings is 6. The van der Waals surface area contributed by atoms with E-state index in [4.69, 9.17) is 14.4 Å². The zero-order chi connectivity index (χ0) is 48.8. The van der Waals surface area contributed by atoms with Gasteiger partial charge >= 0.3 is 0 Å². The van der Waals surface area contributed by atoms with Crippen LogP contribution in [0.25, 0.3) is 92.9 Å². The third-order valence-electron chi connectivity index (χ3n) is 13.3. The fourth-order valence-electron chi connectivity index (χ4n) is 9.77. The molecule has 0 atom stereocenters. The van der Waals surface area contributed by atoms with Gasteiger partial charge < -0.3 is 14.0 Å². The molecule has 0 saturated heterocycles. The van der Waals surface area contributed by atoms with Gasteiger partial charge in [0.15, 0.2) is 0 Å². The van der Waals surface area contributed by atoms with Crippen molar-refractivity contribution in [1.82, 2.24) is 19.5 Å². The first kappa shape index (κ1) is 49.7. The minimum atomic E-state index is -1.34. The first-order chi connectivity index (χ1) is 33.7. The maximum atomic E-state index is 6.16. The summed E-state index contributed by atoms with van der Waals surface area (Å²) in [7, 11) is -1.34. The number of furan rings is 1. The summed E-state index contributed by atoms with van der Waals surface area (Å²) < 4.78 is 9.76. The molecule has 71 heavy (non-hydrogen) atoms. The summed E-state index contributed by atoms with van der Waals surface area (Å²) in [5.74, 6) is 2.05. The molecule has 6 aromatic carbocycles. The Bertz CT molecular complexity index is 3650. The van der Waals surface area contributed by atoms with Gasteiger partial charge in [-0.15, -0.1) is 47.2 Å². The summed E-state index contributed by atoms with van der Waals surface area (Å²) in [6.45, 7) is 22.9. The van der Waals surface area contributed by atoms with Crippen LogP contribution in [0.4, 0.5) is 0 Å². The van der Waals surface area contributed by atoms with Gasteiger partial charge in [0.2, 0.25) is 0 Å². The largest absolute Gasteiger partial charge is 0.557 e. The van der Waals surface area contributed by atoms with E-state index in [0.717, 1.165) is 72.7 Å². The topological polar surface area (TPSA) is 56.7 Å². The molecule has 0 saturated carbocycles. The summed E-state index contributed by atoms with van der Waals surface area (Å²) in [5, 5.41) is 4.91. The maximum Gasteiger partial charge on any atom is 0.124 e. The number of hydrogen-bond acceptors (Lipinski definition) is 5. The molecule has 0 aliphatic rings. The molecular formula is C63H60IrN4OSSi-2. The number of para-hydroxylation sites is 2. The average Bonchev–Trinajstić information content (AvgIpc) is 4.06. The van der Waals surface area contributed by atoms with Crippen LogP contribution in [-0.2, 0) is 26.5 Å². The van der Waals surface area contributed by atoms with Gasteiger partial charge in [0.05, 0.1) is 24.9 Å². The number of fused-ring (bicyclic) bond motifs is 5. The molecule has 0 unspecified atom stereocenters. The molecular weight excluding hydrogens is 1080 g/mol. The molecule has 0 aliphatic carbocycles. The fraction of sp³-hybridized carbons (Fsp3) is 0.222. The Kier molecular flexibility index (Phi) is 14.3. The molecule has 0 amide bonds. The normalized spacial score (nSPS) is 11.8. The predicted molar refractivity (Wildman–Crippen MR) is 300 cm³/mol. The molecule has 5 nitrogen and oxygen atoms in total. The van der Waals surface area contributed by atoms with Crippen molar-refractivity contribution in [2.24, 2.45) is 5.92 Å². The van der Waals surface area contributed by atoms with E-state index >= 15 is 0 Å². The molecule has 5 aromatic heterocycles. The predicted octanol–water partition coefficient (Wildman–Crippen LogP) is 17.2. The second-order valence-electron chi connectivity index (χ2n) is 20.7.